The first-order valence-electron chi connectivity index (χ1n) is 10.8. The molecule has 0 amide bonds. The molecule has 4 N–H and O–H groups in total. The number of nitrogens with two attached hydrogens (primary N) is 1. The van der Waals surface area contributed by atoms with Crippen molar-refractivity contribution in [3.05, 3.63) is 48.3 Å². The van der Waals surface area contributed by atoms with Crippen molar-refractivity contribution < 1.29 is 9.84 Å². The second-order valence-corrected chi connectivity index (χ2v) is 8.27. The van der Waals surface area contributed by atoms with Crippen molar-refractivity contribution in [3.8, 4) is 17.3 Å². The number of nitrogen functional groups attached to an aromatic ring is 1. The number of methoxy groups -OCH3 is 1. The summed E-state index contributed by atoms with van der Waals surface area (Å²) in [5, 5.41) is 18.4. The Morgan fingerprint density at radius 3 is 2.61 bits per heavy atom. The number of nitrogens with one attached hydrogen (secondary N) is 1. The van der Waals surface area contributed by atoms with Crippen LogP contribution in [0.25, 0.3) is 16.7 Å². The average Bonchev–Trinajstić information content (AvgIpc) is 3.18. The van der Waals surface area contributed by atoms with Crippen molar-refractivity contribution in [2.45, 2.75) is 18.8 Å². The zero-order valence-electron chi connectivity index (χ0n) is 18.6. The lowest BCUT2D eigenvalue weighted by atomic mass is 9.89. The second-order valence-electron chi connectivity index (χ2n) is 8.27. The van der Waals surface area contributed by atoms with Crippen LogP contribution in [-0.2, 0) is 0 Å². The van der Waals surface area contributed by atoms with Crippen LogP contribution in [0.1, 0.15) is 24.3 Å². The van der Waals surface area contributed by atoms with Gasteiger partial charge in [0.1, 0.15) is 6.33 Å². The molecule has 4 aromatic rings. The van der Waals surface area contributed by atoms with E-state index in [1.165, 1.54) is 42.6 Å². The molecule has 1 aliphatic rings. The maximum absolute atomic E-state index is 10.1. The third-order valence-electron chi connectivity index (χ3n) is 6.10. The summed E-state index contributed by atoms with van der Waals surface area (Å²) in [6, 6.07) is 11.6. The number of ether oxygens (including phenoxy) is 1. The molecule has 1 aliphatic heterocycles. The largest absolute Gasteiger partial charge is 0.504 e. The van der Waals surface area contributed by atoms with Crippen LogP contribution in [0.4, 0.5) is 17.6 Å². The average molecular weight is 447 g/mol. The number of aromatic hydroxyl groups is 1. The van der Waals surface area contributed by atoms with E-state index in [1.54, 1.807) is 6.07 Å². The number of fused-ring (bicyclic) bond motifs is 1. The number of rotatable bonds is 5. The molecule has 3 heterocycles. The first-order valence-corrected chi connectivity index (χ1v) is 10.8. The summed E-state index contributed by atoms with van der Waals surface area (Å²) in [6.45, 7) is 2.27. The van der Waals surface area contributed by atoms with Crippen molar-refractivity contribution in [1.29, 1.82) is 0 Å². The number of nitrogens with zero attached hydrogens (tertiary/aromatic N) is 6. The summed E-state index contributed by atoms with van der Waals surface area (Å²) in [7, 11) is 3.65. The highest BCUT2D eigenvalue weighted by atomic mass is 16.5. The van der Waals surface area contributed by atoms with E-state index in [4.69, 9.17) is 10.5 Å². The van der Waals surface area contributed by atoms with E-state index in [-0.39, 0.29) is 11.7 Å². The van der Waals surface area contributed by atoms with Crippen LogP contribution in [0, 0.1) is 0 Å². The molecule has 10 nitrogen and oxygen atoms in total. The summed E-state index contributed by atoms with van der Waals surface area (Å²) < 4.78 is 6.66. The summed E-state index contributed by atoms with van der Waals surface area (Å²) in [4.78, 5) is 15.3. The molecule has 0 bridgehead atoms. The van der Waals surface area contributed by atoms with Gasteiger partial charge in [-0.3, -0.25) is 0 Å². The molecule has 0 saturated carbocycles. The van der Waals surface area contributed by atoms with E-state index in [9.17, 15) is 5.11 Å². The minimum Gasteiger partial charge on any atom is -0.504 e. The molecule has 5 rings (SSSR count). The number of anilines is 3. The molecule has 2 aromatic heterocycles. The molecule has 170 valence electrons. The van der Waals surface area contributed by atoms with Crippen LogP contribution >= 0.6 is 0 Å². The number of piperidine rings is 1. The lowest BCUT2D eigenvalue weighted by Crippen LogP contribution is -2.29. The quantitative estimate of drug-likeness (QED) is 0.424. The standard InChI is InChI=1S/C23H26N8O2/c1-30-9-7-15(8-10-30)14-3-5-16(6-4-14)27-23-28-22(24)31(29-23)21-17-11-20(33-2)19(32)12-18(17)25-13-26-21/h3-6,11-13,15,32H,7-10H2,1-2H3,(H3,24,27,28,29). The molecule has 0 aliphatic carbocycles. The normalized spacial score (nSPS) is 15.1. The fourth-order valence-electron chi connectivity index (χ4n) is 4.23. The molecule has 1 fully saturated rings. The highest BCUT2D eigenvalue weighted by Gasteiger charge is 2.19. The number of benzene rings is 2. The summed E-state index contributed by atoms with van der Waals surface area (Å²) in [5.41, 5.74) is 8.93. The Bertz CT molecular complexity index is 1280. The molecule has 0 atom stereocenters. The second kappa shape index (κ2) is 8.55. The van der Waals surface area contributed by atoms with Crippen LogP contribution < -0.4 is 15.8 Å². The van der Waals surface area contributed by atoms with Gasteiger partial charge < -0.3 is 25.8 Å². The lowest BCUT2D eigenvalue weighted by Gasteiger charge is -2.29. The van der Waals surface area contributed by atoms with Gasteiger partial charge in [-0.25, -0.2) is 9.97 Å². The van der Waals surface area contributed by atoms with Gasteiger partial charge in [0, 0.05) is 17.1 Å². The van der Waals surface area contributed by atoms with Gasteiger partial charge in [-0.05, 0) is 62.7 Å². The van der Waals surface area contributed by atoms with E-state index < -0.39 is 0 Å². The van der Waals surface area contributed by atoms with Crippen LogP contribution in [0.5, 0.6) is 11.5 Å². The molecular formula is C23H26N8O2. The highest BCUT2D eigenvalue weighted by Crippen LogP contribution is 2.33. The summed E-state index contributed by atoms with van der Waals surface area (Å²) in [6.07, 6.45) is 3.75. The van der Waals surface area contributed by atoms with Crippen LogP contribution in [0.2, 0.25) is 0 Å². The van der Waals surface area contributed by atoms with Crippen molar-refractivity contribution in [2.75, 3.05) is 38.3 Å². The zero-order chi connectivity index (χ0) is 22.9. The minimum absolute atomic E-state index is 0.00716. The van der Waals surface area contributed by atoms with Crippen molar-refractivity contribution in [2.24, 2.45) is 0 Å². The molecule has 0 radical (unpaired) electrons. The Kier molecular flexibility index (Phi) is 5.43. The molecule has 33 heavy (non-hydrogen) atoms. The molecule has 0 unspecified atom stereocenters. The number of phenolic OH excluding ortho intramolecular Hbond substituents is 1. The fourth-order valence-corrected chi connectivity index (χ4v) is 4.23. The van der Waals surface area contributed by atoms with Gasteiger partial charge in [0.2, 0.25) is 11.9 Å². The number of hydrogen-bond donors (Lipinski definition) is 3. The molecule has 0 spiro atoms. The monoisotopic (exact) mass is 446 g/mol. The molecule has 10 heteroatoms. The highest BCUT2D eigenvalue weighted by molar-refractivity contribution is 5.88. The van der Waals surface area contributed by atoms with Gasteiger partial charge in [0.25, 0.3) is 0 Å². The topological polar surface area (TPSA) is 127 Å². The van der Waals surface area contributed by atoms with Gasteiger partial charge in [-0.2, -0.15) is 9.67 Å². The molecule has 1 saturated heterocycles. The minimum atomic E-state index is -0.00716. The van der Waals surface area contributed by atoms with Crippen molar-refractivity contribution >= 4 is 28.5 Å². The SMILES string of the molecule is COc1cc2c(-n3nc(Nc4ccc(C5CCN(C)CC5)cc4)nc3N)ncnc2cc1O. The van der Waals surface area contributed by atoms with E-state index in [1.807, 2.05) is 12.1 Å². The van der Waals surface area contributed by atoms with Crippen LogP contribution in [-0.4, -0.2) is 62.0 Å². The zero-order valence-corrected chi connectivity index (χ0v) is 18.6. The Morgan fingerprint density at radius 1 is 1.12 bits per heavy atom. The number of likely N-dealkylation sites (tertiary alicyclic amines) is 1. The van der Waals surface area contributed by atoms with Gasteiger partial charge in [-0.15, -0.1) is 5.10 Å². The lowest BCUT2D eigenvalue weighted by molar-refractivity contribution is 0.255. The van der Waals surface area contributed by atoms with Gasteiger partial charge in [-0.1, -0.05) is 12.1 Å². The predicted octanol–water partition coefficient (Wildman–Crippen LogP) is 3.06. The van der Waals surface area contributed by atoms with Crippen molar-refractivity contribution in [3.63, 3.8) is 0 Å². The van der Waals surface area contributed by atoms with E-state index >= 15 is 0 Å². The number of phenols is 1. The summed E-state index contributed by atoms with van der Waals surface area (Å²) >= 11 is 0. The Hall–Kier alpha value is -3.92. The third-order valence-corrected chi connectivity index (χ3v) is 6.10. The predicted molar refractivity (Wildman–Crippen MR) is 126 cm³/mol. The Balaban J connectivity index is 1.39. The third kappa shape index (κ3) is 4.12. The molecule has 2 aromatic carbocycles. The smallest absolute Gasteiger partial charge is 0.248 e. The van der Waals surface area contributed by atoms with E-state index in [0.717, 1.165) is 18.8 Å². The Labute approximate surface area is 191 Å². The number of aromatic nitrogens is 5. The van der Waals surface area contributed by atoms with Gasteiger partial charge in [0.15, 0.2) is 17.3 Å². The Morgan fingerprint density at radius 2 is 1.88 bits per heavy atom. The van der Waals surface area contributed by atoms with E-state index in [0.29, 0.717) is 34.3 Å². The first-order chi connectivity index (χ1) is 16.0. The van der Waals surface area contributed by atoms with Crippen molar-refractivity contribution in [1.82, 2.24) is 29.6 Å². The van der Waals surface area contributed by atoms with Gasteiger partial charge >= 0.3 is 0 Å². The van der Waals surface area contributed by atoms with E-state index in [2.05, 4.69) is 49.4 Å². The van der Waals surface area contributed by atoms with Gasteiger partial charge in [0.05, 0.1) is 12.6 Å². The van der Waals surface area contributed by atoms with Crippen LogP contribution in [0.3, 0.4) is 0 Å². The molecular weight excluding hydrogens is 420 g/mol. The first kappa shape index (κ1) is 21.0. The maximum atomic E-state index is 10.1. The summed E-state index contributed by atoms with van der Waals surface area (Å²) in [5.74, 6) is 1.87. The van der Waals surface area contributed by atoms with Crippen LogP contribution in [0.15, 0.2) is 42.7 Å². The maximum Gasteiger partial charge on any atom is 0.248 e. The number of hydrogen-bond acceptors (Lipinski definition) is 9. The fraction of sp³-hybridized carbons (Fsp3) is 0.304.